The zero-order chi connectivity index (χ0) is 10.7. The Hall–Kier alpha value is -0.340. The summed E-state index contributed by atoms with van der Waals surface area (Å²) in [4.78, 5) is 0. The summed E-state index contributed by atoms with van der Waals surface area (Å²) in [6.45, 7) is 0.843. The van der Waals surface area contributed by atoms with Crippen LogP contribution in [0.15, 0.2) is 28.7 Å². The summed E-state index contributed by atoms with van der Waals surface area (Å²) in [6, 6.07) is 8.55. The first-order valence-corrected chi connectivity index (χ1v) is 6.32. The number of rotatable bonds is 3. The number of hydrogen-bond acceptors (Lipinski definition) is 1. The van der Waals surface area contributed by atoms with Crippen LogP contribution in [0.1, 0.15) is 31.2 Å². The molecule has 0 amide bonds. The molecular weight excluding hydrogens is 252 g/mol. The summed E-state index contributed by atoms with van der Waals surface area (Å²) in [5.74, 6) is 0. The van der Waals surface area contributed by atoms with E-state index in [1.54, 1.807) is 7.11 Å². The fourth-order valence-corrected chi connectivity index (χ4v) is 3.42. The molecule has 0 atom stereocenters. The van der Waals surface area contributed by atoms with Gasteiger partial charge in [-0.15, -0.1) is 0 Å². The van der Waals surface area contributed by atoms with Crippen molar-refractivity contribution in [3.8, 4) is 0 Å². The molecule has 1 aliphatic rings. The molecule has 1 aromatic carbocycles. The van der Waals surface area contributed by atoms with E-state index >= 15 is 0 Å². The summed E-state index contributed by atoms with van der Waals surface area (Å²) in [5.41, 5.74) is 1.68. The molecule has 15 heavy (non-hydrogen) atoms. The lowest BCUT2D eigenvalue weighted by molar-refractivity contribution is 0.131. The molecule has 0 bridgehead atoms. The molecule has 0 heterocycles. The van der Waals surface area contributed by atoms with Gasteiger partial charge >= 0.3 is 0 Å². The SMILES string of the molecule is COCC1(c2ccccc2Br)CCCC1. The average Bonchev–Trinajstić information content (AvgIpc) is 2.69. The largest absolute Gasteiger partial charge is 0.384 e. The monoisotopic (exact) mass is 268 g/mol. The first kappa shape index (κ1) is 11.2. The highest BCUT2D eigenvalue weighted by Gasteiger charge is 2.36. The van der Waals surface area contributed by atoms with Gasteiger partial charge in [0.15, 0.2) is 0 Å². The molecule has 0 aliphatic heterocycles. The van der Waals surface area contributed by atoms with Crippen LogP contribution in [0.5, 0.6) is 0 Å². The molecule has 1 aromatic rings. The van der Waals surface area contributed by atoms with Crippen molar-refractivity contribution >= 4 is 15.9 Å². The molecule has 2 rings (SSSR count). The highest BCUT2D eigenvalue weighted by molar-refractivity contribution is 9.10. The van der Waals surface area contributed by atoms with Crippen LogP contribution in [0, 0.1) is 0 Å². The van der Waals surface area contributed by atoms with Crippen LogP contribution >= 0.6 is 15.9 Å². The Labute approximate surface area is 100.0 Å². The summed E-state index contributed by atoms with van der Waals surface area (Å²) in [7, 11) is 1.80. The fourth-order valence-electron chi connectivity index (χ4n) is 2.71. The Morgan fingerprint density at radius 3 is 2.53 bits per heavy atom. The van der Waals surface area contributed by atoms with Gasteiger partial charge in [-0.1, -0.05) is 47.0 Å². The van der Waals surface area contributed by atoms with Crippen LogP contribution in [-0.4, -0.2) is 13.7 Å². The molecule has 1 fully saturated rings. The Morgan fingerprint density at radius 2 is 1.93 bits per heavy atom. The molecule has 0 N–H and O–H groups in total. The predicted octanol–water partition coefficient (Wildman–Crippen LogP) is 3.91. The third-order valence-electron chi connectivity index (χ3n) is 3.43. The van der Waals surface area contributed by atoms with Gasteiger partial charge in [0.25, 0.3) is 0 Å². The lowest BCUT2D eigenvalue weighted by Crippen LogP contribution is -2.28. The predicted molar refractivity (Wildman–Crippen MR) is 66.2 cm³/mol. The maximum absolute atomic E-state index is 5.42. The van der Waals surface area contributed by atoms with Gasteiger partial charge in [0, 0.05) is 17.0 Å². The van der Waals surface area contributed by atoms with E-state index in [4.69, 9.17) is 4.74 Å². The quantitative estimate of drug-likeness (QED) is 0.808. The van der Waals surface area contributed by atoms with Crippen molar-refractivity contribution in [1.82, 2.24) is 0 Å². The lowest BCUT2D eigenvalue weighted by atomic mass is 9.80. The van der Waals surface area contributed by atoms with Crippen molar-refractivity contribution < 1.29 is 4.74 Å². The summed E-state index contributed by atoms with van der Waals surface area (Å²) in [5, 5.41) is 0. The van der Waals surface area contributed by atoms with E-state index in [0.29, 0.717) is 0 Å². The van der Waals surface area contributed by atoms with Crippen molar-refractivity contribution in [3.05, 3.63) is 34.3 Å². The molecule has 0 saturated heterocycles. The van der Waals surface area contributed by atoms with Crippen LogP contribution < -0.4 is 0 Å². The minimum Gasteiger partial charge on any atom is -0.384 e. The van der Waals surface area contributed by atoms with Gasteiger partial charge in [0.1, 0.15) is 0 Å². The fraction of sp³-hybridized carbons (Fsp3) is 0.538. The second kappa shape index (κ2) is 4.67. The molecule has 0 radical (unpaired) electrons. The molecular formula is C13H17BrO. The highest BCUT2D eigenvalue weighted by atomic mass is 79.9. The molecule has 0 spiro atoms. The summed E-state index contributed by atoms with van der Waals surface area (Å²) in [6.07, 6.45) is 5.16. The van der Waals surface area contributed by atoms with Crippen LogP contribution in [-0.2, 0) is 10.2 Å². The third kappa shape index (κ3) is 2.11. The van der Waals surface area contributed by atoms with Crippen LogP contribution in [0.25, 0.3) is 0 Å². The highest BCUT2D eigenvalue weighted by Crippen LogP contribution is 2.43. The van der Waals surface area contributed by atoms with Crippen molar-refractivity contribution in [1.29, 1.82) is 0 Å². The van der Waals surface area contributed by atoms with Gasteiger partial charge in [-0.05, 0) is 24.5 Å². The van der Waals surface area contributed by atoms with Gasteiger partial charge in [0.2, 0.25) is 0 Å². The van der Waals surface area contributed by atoms with E-state index < -0.39 is 0 Å². The summed E-state index contributed by atoms with van der Waals surface area (Å²) < 4.78 is 6.64. The standard InChI is InChI=1S/C13H17BrO/c1-15-10-13(8-4-5-9-13)11-6-2-3-7-12(11)14/h2-3,6-7H,4-5,8-10H2,1H3. The van der Waals surface area contributed by atoms with Gasteiger partial charge in [-0.3, -0.25) is 0 Å². The number of ether oxygens (including phenoxy) is 1. The molecule has 0 aromatic heterocycles. The molecule has 82 valence electrons. The van der Waals surface area contributed by atoms with Crippen molar-refractivity contribution in [2.75, 3.05) is 13.7 Å². The minimum atomic E-state index is 0.259. The van der Waals surface area contributed by atoms with E-state index in [2.05, 4.69) is 40.2 Å². The van der Waals surface area contributed by atoms with E-state index in [1.807, 2.05) is 0 Å². The Bertz CT molecular complexity index is 329. The number of hydrogen-bond donors (Lipinski definition) is 0. The first-order valence-electron chi connectivity index (χ1n) is 5.52. The van der Waals surface area contributed by atoms with E-state index in [0.717, 1.165) is 6.61 Å². The average molecular weight is 269 g/mol. The maximum Gasteiger partial charge on any atom is 0.0559 e. The van der Waals surface area contributed by atoms with E-state index in [-0.39, 0.29) is 5.41 Å². The Balaban J connectivity index is 2.36. The zero-order valence-corrected chi connectivity index (χ0v) is 10.7. The molecule has 1 nitrogen and oxygen atoms in total. The number of methoxy groups -OCH3 is 1. The van der Waals surface area contributed by atoms with Gasteiger partial charge in [-0.25, -0.2) is 0 Å². The van der Waals surface area contributed by atoms with Crippen LogP contribution in [0.2, 0.25) is 0 Å². The number of halogens is 1. The maximum atomic E-state index is 5.42. The molecule has 0 unspecified atom stereocenters. The third-order valence-corrected chi connectivity index (χ3v) is 4.12. The first-order chi connectivity index (χ1) is 7.28. The van der Waals surface area contributed by atoms with E-state index in [9.17, 15) is 0 Å². The van der Waals surface area contributed by atoms with Crippen molar-refractivity contribution in [2.45, 2.75) is 31.1 Å². The van der Waals surface area contributed by atoms with Gasteiger partial charge in [0.05, 0.1) is 6.61 Å². The number of benzene rings is 1. The second-order valence-corrected chi connectivity index (χ2v) is 5.25. The topological polar surface area (TPSA) is 9.23 Å². The second-order valence-electron chi connectivity index (χ2n) is 4.40. The molecule has 2 heteroatoms. The minimum absolute atomic E-state index is 0.259. The van der Waals surface area contributed by atoms with Gasteiger partial charge < -0.3 is 4.74 Å². The summed E-state index contributed by atoms with van der Waals surface area (Å²) >= 11 is 3.66. The van der Waals surface area contributed by atoms with Crippen molar-refractivity contribution in [2.24, 2.45) is 0 Å². The smallest absolute Gasteiger partial charge is 0.0559 e. The van der Waals surface area contributed by atoms with Crippen molar-refractivity contribution in [3.63, 3.8) is 0 Å². The Morgan fingerprint density at radius 1 is 1.27 bits per heavy atom. The zero-order valence-electron chi connectivity index (χ0n) is 9.13. The van der Waals surface area contributed by atoms with Crippen LogP contribution in [0.4, 0.5) is 0 Å². The lowest BCUT2D eigenvalue weighted by Gasteiger charge is -2.29. The van der Waals surface area contributed by atoms with Gasteiger partial charge in [-0.2, -0.15) is 0 Å². The Kier molecular flexibility index (Phi) is 3.47. The molecule has 1 aliphatic carbocycles. The molecule has 1 saturated carbocycles. The van der Waals surface area contributed by atoms with Crippen LogP contribution in [0.3, 0.4) is 0 Å². The normalized spacial score (nSPS) is 19.3. The van der Waals surface area contributed by atoms with E-state index in [1.165, 1.54) is 35.7 Å².